The van der Waals surface area contributed by atoms with E-state index in [0.717, 1.165) is 33.7 Å². The van der Waals surface area contributed by atoms with E-state index in [2.05, 4.69) is 41.5 Å². The predicted octanol–water partition coefficient (Wildman–Crippen LogP) is -4.00. The van der Waals surface area contributed by atoms with Crippen LogP contribution in [0.4, 0.5) is 10.3 Å². The number of primary amides is 2. The number of rotatable bonds is 28. The summed E-state index contributed by atoms with van der Waals surface area (Å²) in [6.45, 7) is 6.21. The summed E-state index contributed by atoms with van der Waals surface area (Å²) >= 11 is 1.77. The molecule has 484 valence electrons. The third-order valence-electron chi connectivity index (χ3n) is 16.0. The number of amides is 6. The predicted molar refractivity (Wildman–Crippen MR) is 314 cm³/mol. The maximum atomic E-state index is 13.9. The fourth-order valence-electron chi connectivity index (χ4n) is 10.2. The molecule has 0 radical (unpaired) electrons. The Bertz CT molecular complexity index is 3900. The molecule has 0 spiro atoms. The zero-order valence-corrected chi connectivity index (χ0v) is 51.6. The fraction of sp³-hybridized carbons (Fsp3) is 0.423. The first-order valence-corrected chi connectivity index (χ1v) is 30.5. The molecule has 4 aromatic heterocycles. The number of carbonyl (C=O) groups excluding carboxylic acids is 6. The Kier molecular flexibility index (Phi) is 17.2. The lowest BCUT2D eigenvalue weighted by Crippen LogP contribution is -2.78. The van der Waals surface area contributed by atoms with E-state index in [1.165, 1.54) is 38.5 Å². The van der Waals surface area contributed by atoms with Crippen molar-refractivity contribution in [3.05, 3.63) is 70.9 Å². The molecule has 4 saturated heterocycles. The molecule has 14 N–H and O–H groups in total. The van der Waals surface area contributed by atoms with Crippen LogP contribution in [-0.4, -0.2) is 182 Å². The van der Waals surface area contributed by atoms with Gasteiger partial charge in [0, 0.05) is 49.1 Å². The number of nitrogen functional groups attached to an aromatic ring is 2. The van der Waals surface area contributed by atoms with Crippen LogP contribution in [0.5, 0.6) is 11.5 Å². The number of fused-ring (bicyclic) bond motifs is 2. The number of hydrogen-bond acceptors (Lipinski definition) is 26. The number of ether oxygens (including phenoxy) is 2. The molecule has 36 nitrogen and oxygen atoms in total. The van der Waals surface area contributed by atoms with Gasteiger partial charge in [-0.25, -0.2) is 19.6 Å². The number of hydroxylamine groups is 4. The number of thiazole rings is 2. The number of aromatic nitrogens is 6. The second kappa shape index (κ2) is 24.3. The number of carboxylic acids is 2. The number of β-lactam (4-membered cyclic amide) rings is 2. The molecule has 6 amide bonds. The van der Waals surface area contributed by atoms with E-state index in [4.69, 9.17) is 50.7 Å². The molecular weight excluding hydrogens is 1260 g/mol. The molecule has 0 aliphatic carbocycles. The lowest BCUT2D eigenvalue weighted by atomic mass is 9.81. The Balaban J connectivity index is 0.747. The number of carbonyl (C=O) groups is 8. The highest BCUT2D eigenvalue weighted by molar-refractivity contribution is 7.81. The fourth-order valence-corrected chi connectivity index (χ4v) is 12.3. The number of hydrogen-bond donors (Lipinski definition) is 10. The van der Waals surface area contributed by atoms with Gasteiger partial charge in [0.25, 0.3) is 35.8 Å². The molecule has 6 aromatic rings. The summed E-state index contributed by atoms with van der Waals surface area (Å²) in [5.74, 6) is -8.11. The second-order valence-electron chi connectivity index (χ2n) is 22.9. The van der Waals surface area contributed by atoms with Gasteiger partial charge in [-0.05, 0) is 52.0 Å². The van der Waals surface area contributed by atoms with Crippen molar-refractivity contribution in [1.29, 1.82) is 0 Å². The van der Waals surface area contributed by atoms with Crippen LogP contribution in [0.1, 0.15) is 39.1 Å². The highest BCUT2D eigenvalue weighted by Crippen LogP contribution is 2.37. The van der Waals surface area contributed by atoms with E-state index in [9.17, 15) is 57.0 Å². The van der Waals surface area contributed by atoms with Crippen LogP contribution in [0, 0.1) is 10.8 Å². The van der Waals surface area contributed by atoms with E-state index < -0.39 is 129 Å². The number of carboxylic acid groups (broad SMARTS) is 2. The Labute approximate surface area is 522 Å². The number of anilines is 2. The quantitative estimate of drug-likeness (QED) is 0.00968. The summed E-state index contributed by atoms with van der Waals surface area (Å²) in [5.41, 5.74) is 18.0. The molecule has 39 heteroatoms. The number of aryl methyl sites for hydroxylation is 2. The number of aliphatic carboxylic acids is 2. The van der Waals surface area contributed by atoms with Gasteiger partial charge in [0.1, 0.15) is 48.2 Å². The monoisotopic (exact) mass is 1320 g/mol. The Morgan fingerprint density at radius 1 is 0.681 bits per heavy atom. The largest absolute Gasteiger partial charge is 0.489 e. The SMILES string of the molecule is C[n+]1c2ccc(OC[C@H](O/N=C(\C(=O)N[C@@H]3C(=O)N(OS(=O)(=O)ON4C(=O)[C@@H](NC(=O)/C(=N\O[C@@H](COc5ccc6c(c5)cn(CC5(C(N)=O)CNC5)[n+]6C)C(=O)O)c5csc(N)n5)C4(C)C)C3(C)C)c3csc(N)n3)C(=O)O)cc2cn1CC1(C(N)=O)CNC1. The molecule has 91 heavy (non-hydrogen) atoms. The van der Waals surface area contributed by atoms with E-state index in [-0.39, 0.29) is 33.1 Å². The van der Waals surface area contributed by atoms with Gasteiger partial charge in [0.2, 0.25) is 22.8 Å². The van der Waals surface area contributed by atoms with Crippen molar-refractivity contribution in [2.75, 3.05) is 50.9 Å². The average Bonchev–Trinajstić information content (AvgIpc) is 1.52. The maximum absolute atomic E-state index is 13.9. The molecule has 0 unspecified atom stereocenters. The molecule has 2 aromatic carbocycles. The van der Waals surface area contributed by atoms with Crippen LogP contribution in [0.3, 0.4) is 0 Å². The van der Waals surface area contributed by atoms with Crippen molar-refractivity contribution in [1.82, 2.24) is 50.7 Å². The topological polar surface area (TPSA) is 493 Å². The average molecular weight is 1320 g/mol. The van der Waals surface area contributed by atoms with Gasteiger partial charge in [-0.2, -0.15) is 27.9 Å². The standard InChI is InChI=1S/C52H60N18O18S3/c1-49(2)37(61-39(71)35(29-17-89-47(55)59-29)63-85-33(43(75)76)15-83-27-7-9-31-25(11-27)13-67(65(31)5)23-51(45(53)79)19-57-20-51)41(73)69(49)87-91(81,82)88-70-42(74)38(50(70,3)4)62-40(72)36(30-18-90-48(56)60-30)64-86-34(44(77)78)16-84-28-8-10-32-26(12-28)14-68(66(32)6)24-52(46(54)80)21-58-22-52/h7-14,17-18,33-34,37-38,57-58H,15-16,19-24H2,1-6H3,(H10-2,53,54,55,56,59,60,61,62,71,72,75,76,77,78,79,80)/p+2/b63-35-,64-36-/t33-,34-,37+,38+/m0/s1. The van der Waals surface area contributed by atoms with E-state index in [1.54, 1.807) is 62.9 Å². The summed E-state index contributed by atoms with van der Waals surface area (Å²) in [6, 6.07) is 6.80. The number of nitrogens with one attached hydrogen (secondary N) is 4. The number of benzene rings is 2. The van der Waals surface area contributed by atoms with Crippen LogP contribution in [0.15, 0.2) is 69.9 Å². The minimum Gasteiger partial charge on any atom is -0.489 e. The zero-order chi connectivity index (χ0) is 65.9. The van der Waals surface area contributed by atoms with E-state index in [0.29, 0.717) is 60.2 Å². The van der Waals surface area contributed by atoms with Crippen LogP contribution >= 0.6 is 22.7 Å². The Morgan fingerprint density at radius 3 is 1.35 bits per heavy atom. The van der Waals surface area contributed by atoms with Crippen molar-refractivity contribution in [3.63, 3.8) is 0 Å². The molecule has 4 fully saturated rings. The third kappa shape index (κ3) is 12.5. The van der Waals surface area contributed by atoms with Crippen LogP contribution < -0.4 is 63.0 Å². The highest BCUT2D eigenvalue weighted by atomic mass is 32.3. The van der Waals surface area contributed by atoms with Gasteiger partial charge in [-0.3, -0.25) is 28.8 Å². The normalized spacial score (nSPS) is 19.7. The molecule has 4 aliphatic heterocycles. The van der Waals surface area contributed by atoms with Gasteiger partial charge in [-0.1, -0.05) is 10.3 Å². The van der Waals surface area contributed by atoms with Crippen molar-refractivity contribution in [2.24, 2.45) is 46.7 Å². The first kappa shape index (κ1) is 64.3. The van der Waals surface area contributed by atoms with Crippen molar-refractivity contribution < 1.29 is 94.1 Å². The lowest BCUT2D eigenvalue weighted by molar-refractivity contribution is -0.732. The molecule has 0 saturated carbocycles. The molecule has 0 bridgehead atoms. The summed E-state index contributed by atoms with van der Waals surface area (Å²) < 4.78 is 55.9. The van der Waals surface area contributed by atoms with Gasteiger partial charge < -0.3 is 73.6 Å². The maximum Gasteiger partial charge on any atom is 0.442 e. The first-order valence-electron chi connectivity index (χ1n) is 27.4. The van der Waals surface area contributed by atoms with Gasteiger partial charge >= 0.3 is 22.3 Å². The third-order valence-corrected chi connectivity index (χ3v) is 18.0. The van der Waals surface area contributed by atoms with Crippen molar-refractivity contribution in [3.8, 4) is 11.5 Å². The lowest BCUT2D eigenvalue weighted by Gasteiger charge is -2.52. The van der Waals surface area contributed by atoms with Crippen molar-refractivity contribution >= 4 is 124 Å². The van der Waals surface area contributed by atoms with E-state index >= 15 is 0 Å². The molecule has 10 rings (SSSR count). The second-order valence-corrected chi connectivity index (χ2v) is 25.8. The molecule has 4 aliphatic rings. The van der Waals surface area contributed by atoms with E-state index in [1.807, 2.05) is 18.7 Å². The number of oxime groups is 2. The summed E-state index contributed by atoms with van der Waals surface area (Å²) in [7, 11) is -1.79. The number of nitrogens with two attached hydrogens (primary N) is 4. The molecular formula is C52H62N18O18S3+2. The van der Waals surface area contributed by atoms with Gasteiger partial charge in [0.15, 0.2) is 35.8 Å². The molecule has 8 heterocycles. The smallest absolute Gasteiger partial charge is 0.442 e. The van der Waals surface area contributed by atoms with Crippen LogP contribution in [-0.2, 0) is 94.2 Å². The van der Waals surface area contributed by atoms with Gasteiger partial charge in [0.05, 0.1) is 58.2 Å². The van der Waals surface area contributed by atoms with Gasteiger partial charge in [-0.15, -0.1) is 40.6 Å². The minimum atomic E-state index is -5.39. The minimum absolute atomic E-state index is 0.0316. The summed E-state index contributed by atoms with van der Waals surface area (Å²) in [6.07, 6.45) is -0.0897. The summed E-state index contributed by atoms with van der Waals surface area (Å²) in [5, 5.41) is 43.3. The first-order chi connectivity index (χ1) is 42.8. The van der Waals surface area contributed by atoms with Crippen LogP contribution in [0.2, 0.25) is 0 Å². The zero-order valence-electron chi connectivity index (χ0n) is 49.2. The van der Waals surface area contributed by atoms with Crippen LogP contribution in [0.25, 0.3) is 21.8 Å². The summed E-state index contributed by atoms with van der Waals surface area (Å²) in [4.78, 5) is 123. The van der Waals surface area contributed by atoms with Crippen molar-refractivity contribution in [2.45, 2.75) is 76.2 Å². The Morgan fingerprint density at radius 2 is 1.05 bits per heavy atom. The Hall–Kier alpha value is -9.67. The highest BCUT2D eigenvalue weighted by Gasteiger charge is 2.61. The molecule has 4 atom stereocenters. The number of nitrogens with zero attached hydrogens (tertiary/aromatic N) is 10.